The van der Waals surface area contributed by atoms with E-state index in [1.807, 2.05) is 19.1 Å². The number of benzene rings is 1. The summed E-state index contributed by atoms with van der Waals surface area (Å²) >= 11 is 0. The quantitative estimate of drug-likeness (QED) is 0.806. The van der Waals surface area contributed by atoms with Crippen LogP contribution >= 0.6 is 0 Å². The second-order valence-electron chi connectivity index (χ2n) is 6.15. The van der Waals surface area contributed by atoms with Crippen molar-refractivity contribution in [2.45, 2.75) is 52.4 Å². The first-order valence-corrected chi connectivity index (χ1v) is 8.12. The largest absolute Gasteiger partial charge is 0.323 e. The van der Waals surface area contributed by atoms with E-state index in [0.29, 0.717) is 12.4 Å². The van der Waals surface area contributed by atoms with Gasteiger partial charge in [0.05, 0.1) is 11.2 Å². The standard InChI is InChI=1S/C17H23N5O/c1-4-5-12-9-15(23)21-17(19-12)22-16-18-11(3)13-8-10(2)6-7-14(13)20-16/h6-8,12,17,19H,4-5,9H2,1-3H3,(H,21,23)(H,18,20,22). The summed E-state index contributed by atoms with van der Waals surface area (Å²) in [6.45, 7) is 6.15. The van der Waals surface area contributed by atoms with Crippen molar-refractivity contribution >= 4 is 22.8 Å². The maximum absolute atomic E-state index is 11.8. The lowest BCUT2D eigenvalue weighted by atomic mass is 10.1. The number of hydrogen-bond donors (Lipinski definition) is 3. The lowest BCUT2D eigenvalue weighted by Crippen LogP contribution is -2.59. The van der Waals surface area contributed by atoms with Crippen LogP contribution in [0.2, 0.25) is 0 Å². The Bertz CT molecular complexity index is 730. The van der Waals surface area contributed by atoms with Crippen molar-refractivity contribution in [1.29, 1.82) is 0 Å². The molecule has 0 radical (unpaired) electrons. The fourth-order valence-electron chi connectivity index (χ4n) is 2.98. The maximum Gasteiger partial charge on any atom is 0.226 e. The monoisotopic (exact) mass is 313 g/mol. The van der Waals surface area contributed by atoms with Gasteiger partial charge in [0, 0.05) is 17.8 Å². The highest BCUT2D eigenvalue weighted by molar-refractivity contribution is 5.82. The topological polar surface area (TPSA) is 78.9 Å². The molecule has 1 aliphatic rings. The Balaban J connectivity index is 1.80. The molecule has 2 unspecified atom stereocenters. The van der Waals surface area contributed by atoms with Crippen LogP contribution in [0.5, 0.6) is 0 Å². The second-order valence-corrected chi connectivity index (χ2v) is 6.15. The molecule has 1 amide bonds. The summed E-state index contributed by atoms with van der Waals surface area (Å²) in [4.78, 5) is 20.9. The number of amides is 1. The summed E-state index contributed by atoms with van der Waals surface area (Å²) in [6, 6.07) is 6.32. The Morgan fingerprint density at radius 2 is 2.13 bits per heavy atom. The molecule has 6 nitrogen and oxygen atoms in total. The highest BCUT2D eigenvalue weighted by atomic mass is 16.2. The lowest BCUT2D eigenvalue weighted by Gasteiger charge is -2.31. The van der Waals surface area contributed by atoms with Crippen LogP contribution in [0.25, 0.3) is 10.9 Å². The van der Waals surface area contributed by atoms with E-state index in [-0.39, 0.29) is 18.2 Å². The molecule has 1 fully saturated rings. The molecular weight excluding hydrogens is 290 g/mol. The molecule has 2 aromatic rings. The molecule has 0 aliphatic carbocycles. The fourth-order valence-corrected chi connectivity index (χ4v) is 2.98. The molecule has 3 rings (SSSR count). The number of aromatic nitrogens is 2. The van der Waals surface area contributed by atoms with Gasteiger partial charge in [-0.25, -0.2) is 9.97 Å². The van der Waals surface area contributed by atoms with Crippen LogP contribution in [0.15, 0.2) is 18.2 Å². The minimum absolute atomic E-state index is 0.0489. The van der Waals surface area contributed by atoms with Crippen molar-refractivity contribution in [3.8, 4) is 0 Å². The summed E-state index contributed by atoms with van der Waals surface area (Å²) in [7, 11) is 0. The second kappa shape index (κ2) is 6.50. The van der Waals surface area contributed by atoms with Gasteiger partial charge in [0.15, 0.2) is 6.29 Å². The molecule has 1 saturated heterocycles. The van der Waals surface area contributed by atoms with E-state index in [1.54, 1.807) is 0 Å². The van der Waals surface area contributed by atoms with Crippen molar-refractivity contribution in [3.05, 3.63) is 29.5 Å². The Labute approximate surface area is 136 Å². The van der Waals surface area contributed by atoms with Gasteiger partial charge in [-0.05, 0) is 32.4 Å². The molecule has 1 aromatic carbocycles. The Morgan fingerprint density at radius 3 is 2.91 bits per heavy atom. The molecule has 0 spiro atoms. The minimum atomic E-state index is -0.338. The SMILES string of the molecule is CCCC1CC(=O)NC(Nc2nc(C)c3cc(C)ccc3n2)N1. The van der Waals surface area contributed by atoms with E-state index >= 15 is 0 Å². The van der Waals surface area contributed by atoms with Gasteiger partial charge in [-0.2, -0.15) is 0 Å². The number of rotatable bonds is 4. The van der Waals surface area contributed by atoms with Crippen LogP contribution in [-0.4, -0.2) is 28.2 Å². The van der Waals surface area contributed by atoms with E-state index in [9.17, 15) is 4.79 Å². The number of anilines is 1. The first-order valence-electron chi connectivity index (χ1n) is 8.12. The van der Waals surface area contributed by atoms with Gasteiger partial charge in [-0.3, -0.25) is 10.1 Å². The average Bonchev–Trinajstić information content (AvgIpc) is 2.48. The maximum atomic E-state index is 11.8. The van der Waals surface area contributed by atoms with Gasteiger partial charge in [-0.1, -0.05) is 25.0 Å². The van der Waals surface area contributed by atoms with Crippen LogP contribution in [0.1, 0.15) is 37.4 Å². The third-order valence-electron chi connectivity index (χ3n) is 4.09. The van der Waals surface area contributed by atoms with E-state index in [1.165, 1.54) is 5.56 Å². The average molecular weight is 313 g/mol. The van der Waals surface area contributed by atoms with E-state index < -0.39 is 0 Å². The van der Waals surface area contributed by atoms with E-state index in [0.717, 1.165) is 29.4 Å². The van der Waals surface area contributed by atoms with Crippen molar-refractivity contribution in [3.63, 3.8) is 0 Å². The Kier molecular flexibility index (Phi) is 4.43. The lowest BCUT2D eigenvalue weighted by molar-refractivity contribution is -0.124. The zero-order valence-corrected chi connectivity index (χ0v) is 13.8. The summed E-state index contributed by atoms with van der Waals surface area (Å²) in [5.74, 6) is 0.571. The first kappa shape index (κ1) is 15.7. The molecule has 6 heteroatoms. The summed E-state index contributed by atoms with van der Waals surface area (Å²) in [5, 5.41) is 10.5. The van der Waals surface area contributed by atoms with Gasteiger partial charge < -0.3 is 10.6 Å². The number of carbonyl (C=O) groups is 1. The number of nitrogens with one attached hydrogen (secondary N) is 3. The predicted octanol–water partition coefficient (Wildman–Crippen LogP) is 2.22. The van der Waals surface area contributed by atoms with Crippen LogP contribution in [0.4, 0.5) is 5.95 Å². The van der Waals surface area contributed by atoms with E-state index in [2.05, 4.69) is 45.8 Å². The van der Waals surface area contributed by atoms with Crippen LogP contribution in [0.3, 0.4) is 0 Å². The normalized spacial score (nSPS) is 21.3. The Morgan fingerprint density at radius 1 is 1.30 bits per heavy atom. The number of nitrogens with zero attached hydrogens (tertiary/aromatic N) is 2. The smallest absolute Gasteiger partial charge is 0.226 e. The van der Waals surface area contributed by atoms with Crippen LogP contribution in [-0.2, 0) is 4.79 Å². The van der Waals surface area contributed by atoms with Gasteiger partial charge in [0.1, 0.15) is 0 Å². The molecule has 0 saturated carbocycles. The predicted molar refractivity (Wildman–Crippen MR) is 91.0 cm³/mol. The summed E-state index contributed by atoms with van der Waals surface area (Å²) in [6.07, 6.45) is 2.20. The molecule has 3 N–H and O–H groups in total. The van der Waals surface area contributed by atoms with Gasteiger partial charge >= 0.3 is 0 Å². The van der Waals surface area contributed by atoms with Gasteiger partial charge in [0.2, 0.25) is 11.9 Å². The zero-order chi connectivity index (χ0) is 16.4. The van der Waals surface area contributed by atoms with Crippen molar-refractivity contribution in [1.82, 2.24) is 20.6 Å². The summed E-state index contributed by atoms with van der Waals surface area (Å²) in [5.41, 5.74) is 3.01. The van der Waals surface area contributed by atoms with Crippen molar-refractivity contribution < 1.29 is 4.79 Å². The minimum Gasteiger partial charge on any atom is -0.323 e. The molecule has 23 heavy (non-hydrogen) atoms. The molecule has 1 aromatic heterocycles. The van der Waals surface area contributed by atoms with Gasteiger partial charge in [-0.15, -0.1) is 0 Å². The first-order chi connectivity index (χ1) is 11.0. The van der Waals surface area contributed by atoms with Crippen LogP contribution in [0, 0.1) is 13.8 Å². The molecule has 0 bridgehead atoms. The number of hydrogen-bond acceptors (Lipinski definition) is 5. The zero-order valence-electron chi connectivity index (χ0n) is 13.8. The third kappa shape index (κ3) is 3.59. The molecule has 122 valence electrons. The highest BCUT2D eigenvalue weighted by Crippen LogP contribution is 2.19. The molecule has 2 atom stereocenters. The fraction of sp³-hybridized carbons (Fsp3) is 0.471. The number of carbonyl (C=O) groups excluding carboxylic acids is 1. The highest BCUT2D eigenvalue weighted by Gasteiger charge is 2.25. The van der Waals surface area contributed by atoms with Crippen molar-refractivity contribution in [2.75, 3.05) is 5.32 Å². The van der Waals surface area contributed by atoms with E-state index in [4.69, 9.17) is 0 Å². The summed E-state index contributed by atoms with van der Waals surface area (Å²) < 4.78 is 0. The molecule has 1 aliphatic heterocycles. The third-order valence-corrected chi connectivity index (χ3v) is 4.09. The van der Waals surface area contributed by atoms with Crippen molar-refractivity contribution in [2.24, 2.45) is 0 Å². The van der Waals surface area contributed by atoms with Crippen LogP contribution < -0.4 is 16.0 Å². The molecule has 2 heterocycles. The van der Waals surface area contributed by atoms with Gasteiger partial charge in [0.25, 0.3) is 0 Å². The number of fused-ring (bicyclic) bond motifs is 1. The Hall–Kier alpha value is -2.21. The molecular formula is C17H23N5O. The number of aryl methyl sites for hydroxylation is 2.